The summed E-state index contributed by atoms with van der Waals surface area (Å²) in [6.07, 6.45) is 6.13. The summed E-state index contributed by atoms with van der Waals surface area (Å²) in [4.78, 5) is 23.1. The van der Waals surface area contributed by atoms with Gasteiger partial charge in [0.1, 0.15) is 0 Å². The van der Waals surface area contributed by atoms with E-state index >= 15 is 0 Å². The lowest BCUT2D eigenvalue weighted by Crippen LogP contribution is -2.39. The molecule has 0 bridgehead atoms. The molecule has 4 nitrogen and oxygen atoms in total. The zero-order valence-corrected chi connectivity index (χ0v) is 13.0. The number of pyridine rings is 1. The molecule has 1 aliphatic heterocycles. The molecule has 1 saturated heterocycles. The summed E-state index contributed by atoms with van der Waals surface area (Å²) < 4.78 is 0. The summed E-state index contributed by atoms with van der Waals surface area (Å²) in [5.74, 6) is 0.594. The van der Waals surface area contributed by atoms with Crippen LogP contribution in [0.3, 0.4) is 0 Å². The second-order valence-electron chi connectivity index (χ2n) is 5.54. The average Bonchev–Trinajstić information content (AvgIpc) is 2.95. The van der Waals surface area contributed by atoms with E-state index in [1.54, 1.807) is 23.7 Å². The van der Waals surface area contributed by atoms with E-state index in [1.165, 1.54) is 5.01 Å². The Labute approximate surface area is 128 Å². The highest BCUT2D eigenvalue weighted by Crippen LogP contribution is 2.29. The van der Waals surface area contributed by atoms with Gasteiger partial charge in [-0.2, -0.15) is 0 Å². The molecule has 0 N–H and O–H groups in total. The highest BCUT2D eigenvalue weighted by molar-refractivity contribution is 7.09. The number of piperidine rings is 1. The van der Waals surface area contributed by atoms with E-state index in [0.717, 1.165) is 37.2 Å². The Morgan fingerprint density at radius 2 is 2.43 bits per heavy atom. The van der Waals surface area contributed by atoms with Gasteiger partial charge in [0, 0.05) is 42.5 Å². The van der Waals surface area contributed by atoms with Gasteiger partial charge in [0.2, 0.25) is 5.91 Å². The van der Waals surface area contributed by atoms with Crippen LogP contribution in [-0.2, 0) is 11.2 Å². The Hall–Kier alpha value is -1.75. The Morgan fingerprint density at radius 3 is 3.14 bits per heavy atom. The number of nitrogens with zero attached hydrogens (tertiary/aromatic N) is 3. The number of hydrogen-bond donors (Lipinski definition) is 0. The Kier molecular flexibility index (Phi) is 4.29. The number of carbonyl (C=O) groups excluding carboxylic acids is 1. The number of aryl methyl sites for hydroxylation is 1. The molecular formula is C16H19N3OS. The van der Waals surface area contributed by atoms with Crippen molar-refractivity contribution in [2.24, 2.45) is 0 Å². The van der Waals surface area contributed by atoms with Crippen LogP contribution in [0.5, 0.6) is 0 Å². The van der Waals surface area contributed by atoms with Crippen molar-refractivity contribution in [1.29, 1.82) is 0 Å². The van der Waals surface area contributed by atoms with Crippen LogP contribution in [0.15, 0.2) is 29.9 Å². The van der Waals surface area contributed by atoms with E-state index in [4.69, 9.17) is 0 Å². The Balaban J connectivity index is 1.64. The van der Waals surface area contributed by atoms with Gasteiger partial charge in [-0.15, -0.1) is 11.3 Å². The number of likely N-dealkylation sites (tertiary alicyclic amines) is 1. The first kappa shape index (κ1) is 14.2. The van der Waals surface area contributed by atoms with Crippen molar-refractivity contribution in [1.82, 2.24) is 14.9 Å². The number of carbonyl (C=O) groups is 1. The SMILES string of the molecule is Cc1csc(C2CCCN(C(=O)Cc3cccnc3)C2)n1. The standard InChI is InChI=1S/C16H19N3OS/c1-12-11-21-16(18-12)14-5-3-7-19(10-14)15(20)8-13-4-2-6-17-9-13/h2,4,6,9,11,14H,3,5,7-8,10H2,1H3. The van der Waals surface area contributed by atoms with Gasteiger partial charge in [-0.25, -0.2) is 4.98 Å². The van der Waals surface area contributed by atoms with Gasteiger partial charge < -0.3 is 4.90 Å². The zero-order chi connectivity index (χ0) is 14.7. The van der Waals surface area contributed by atoms with Crippen molar-refractivity contribution < 1.29 is 4.79 Å². The first-order valence-electron chi connectivity index (χ1n) is 7.31. The molecule has 2 aromatic rings. The summed E-state index contributed by atoms with van der Waals surface area (Å²) in [5.41, 5.74) is 2.06. The van der Waals surface area contributed by atoms with E-state index in [-0.39, 0.29) is 5.91 Å². The fourth-order valence-electron chi connectivity index (χ4n) is 2.75. The minimum atomic E-state index is 0.195. The molecule has 3 rings (SSSR count). The topological polar surface area (TPSA) is 46.1 Å². The molecule has 21 heavy (non-hydrogen) atoms. The molecular weight excluding hydrogens is 282 g/mol. The smallest absolute Gasteiger partial charge is 0.227 e. The molecule has 1 fully saturated rings. The van der Waals surface area contributed by atoms with Crippen molar-refractivity contribution in [3.05, 3.63) is 46.2 Å². The van der Waals surface area contributed by atoms with Gasteiger partial charge in [-0.3, -0.25) is 9.78 Å². The van der Waals surface area contributed by atoms with E-state index in [2.05, 4.69) is 15.3 Å². The van der Waals surface area contributed by atoms with Crippen molar-refractivity contribution in [2.45, 2.75) is 32.1 Å². The minimum absolute atomic E-state index is 0.195. The summed E-state index contributed by atoms with van der Waals surface area (Å²) >= 11 is 1.71. The normalized spacial score (nSPS) is 18.7. The summed E-state index contributed by atoms with van der Waals surface area (Å²) in [6.45, 7) is 3.68. The lowest BCUT2D eigenvalue weighted by atomic mass is 9.98. The molecule has 0 radical (unpaired) electrons. The van der Waals surface area contributed by atoms with Gasteiger partial charge in [0.05, 0.1) is 11.4 Å². The van der Waals surface area contributed by atoms with E-state index in [1.807, 2.05) is 24.0 Å². The third-order valence-corrected chi connectivity index (χ3v) is 4.96. The van der Waals surface area contributed by atoms with Crippen LogP contribution in [-0.4, -0.2) is 33.9 Å². The van der Waals surface area contributed by atoms with Crippen molar-refractivity contribution in [2.75, 3.05) is 13.1 Å². The first-order valence-corrected chi connectivity index (χ1v) is 8.19. The molecule has 2 aromatic heterocycles. The van der Waals surface area contributed by atoms with Crippen LogP contribution in [0.4, 0.5) is 0 Å². The van der Waals surface area contributed by atoms with Crippen LogP contribution in [0.25, 0.3) is 0 Å². The third kappa shape index (κ3) is 3.47. The maximum absolute atomic E-state index is 12.4. The molecule has 1 atom stereocenters. The predicted octanol–water partition coefficient (Wildman–Crippen LogP) is 2.80. The molecule has 5 heteroatoms. The second-order valence-corrected chi connectivity index (χ2v) is 6.43. The van der Waals surface area contributed by atoms with Gasteiger partial charge >= 0.3 is 0 Å². The Bertz CT molecular complexity index is 611. The molecule has 0 saturated carbocycles. The number of thiazole rings is 1. The second kappa shape index (κ2) is 6.35. The molecule has 0 aliphatic carbocycles. The van der Waals surface area contributed by atoms with Crippen LogP contribution in [0, 0.1) is 6.92 Å². The molecule has 0 aromatic carbocycles. The predicted molar refractivity (Wildman–Crippen MR) is 83.3 cm³/mol. The van der Waals surface area contributed by atoms with Gasteiger partial charge in [-0.05, 0) is 31.4 Å². The molecule has 1 unspecified atom stereocenters. The number of rotatable bonds is 3. The fraction of sp³-hybridized carbons (Fsp3) is 0.438. The molecule has 110 valence electrons. The quantitative estimate of drug-likeness (QED) is 0.876. The zero-order valence-electron chi connectivity index (χ0n) is 12.2. The summed E-state index contributed by atoms with van der Waals surface area (Å²) in [6, 6.07) is 3.83. The monoisotopic (exact) mass is 301 g/mol. The lowest BCUT2D eigenvalue weighted by Gasteiger charge is -2.32. The maximum Gasteiger partial charge on any atom is 0.227 e. The van der Waals surface area contributed by atoms with Crippen molar-refractivity contribution in [3.8, 4) is 0 Å². The van der Waals surface area contributed by atoms with Crippen LogP contribution in [0.2, 0.25) is 0 Å². The first-order chi connectivity index (χ1) is 10.2. The van der Waals surface area contributed by atoms with Crippen LogP contribution < -0.4 is 0 Å². The highest BCUT2D eigenvalue weighted by Gasteiger charge is 2.26. The van der Waals surface area contributed by atoms with E-state index < -0.39 is 0 Å². The van der Waals surface area contributed by atoms with Crippen molar-refractivity contribution in [3.63, 3.8) is 0 Å². The lowest BCUT2D eigenvalue weighted by molar-refractivity contribution is -0.131. The largest absolute Gasteiger partial charge is 0.342 e. The molecule has 1 aliphatic rings. The van der Waals surface area contributed by atoms with Gasteiger partial charge in [0.25, 0.3) is 0 Å². The summed E-state index contributed by atoms with van der Waals surface area (Å²) in [7, 11) is 0. The highest BCUT2D eigenvalue weighted by atomic mass is 32.1. The fourth-order valence-corrected chi connectivity index (χ4v) is 3.68. The van der Waals surface area contributed by atoms with Crippen LogP contribution >= 0.6 is 11.3 Å². The number of amides is 1. The van der Waals surface area contributed by atoms with Crippen molar-refractivity contribution >= 4 is 17.2 Å². The maximum atomic E-state index is 12.4. The van der Waals surface area contributed by atoms with E-state index in [0.29, 0.717) is 12.3 Å². The number of hydrogen-bond acceptors (Lipinski definition) is 4. The van der Waals surface area contributed by atoms with Gasteiger partial charge in [-0.1, -0.05) is 6.07 Å². The summed E-state index contributed by atoms with van der Waals surface area (Å²) in [5, 5.41) is 3.26. The van der Waals surface area contributed by atoms with E-state index in [9.17, 15) is 4.79 Å². The molecule has 3 heterocycles. The van der Waals surface area contributed by atoms with Gasteiger partial charge in [0.15, 0.2) is 0 Å². The van der Waals surface area contributed by atoms with Crippen LogP contribution in [0.1, 0.15) is 35.0 Å². The molecule has 0 spiro atoms. The minimum Gasteiger partial charge on any atom is -0.342 e. The third-order valence-electron chi connectivity index (χ3n) is 3.84. The Morgan fingerprint density at radius 1 is 1.52 bits per heavy atom. The average molecular weight is 301 g/mol. The molecule has 1 amide bonds. The number of aromatic nitrogens is 2.